The van der Waals surface area contributed by atoms with Crippen molar-refractivity contribution in [3.8, 4) is 5.75 Å². The summed E-state index contributed by atoms with van der Waals surface area (Å²) < 4.78 is 24.0. The lowest BCUT2D eigenvalue weighted by molar-refractivity contribution is -0.124. The second-order valence-electron chi connectivity index (χ2n) is 5.91. The first-order valence-corrected chi connectivity index (χ1v) is 8.84. The van der Waals surface area contributed by atoms with Crippen LogP contribution in [0.15, 0.2) is 40.9 Å². The van der Waals surface area contributed by atoms with Crippen LogP contribution in [-0.4, -0.2) is 31.6 Å². The Morgan fingerprint density at radius 3 is 2.69 bits per heavy atom. The van der Waals surface area contributed by atoms with Gasteiger partial charge >= 0.3 is 5.97 Å². The second-order valence-corrected chi connectivity index (χ2v) is 6.76. The van der Waals surface area contributed by atoms with E-state index in [1.54, 1.807) is 30.0 Å². The summed E-state index contributed by atoms with van der Waals surface area (Å²) >= 11 is 3.23. The fourth-order valence-corrected chi connectivity index (χ4v) is 3.35. The van der Waals surface area contributed by atoms with Gasteiger partial charge in [-0.25, -0.2) is 9.18 Å². The molecule has 1 amide bonds. The van der Waals surface area contributed by atoms with Crippen LogP contribution in [0.3, 0.4) is 0 Å². The number of carbonyl (C=O) groups excluding carboxylic acids is 2. The van der Waals surface area contributed by atoms with Crippen LogP contribution in [-0.2, 0) is 16.0 Å². The Hall–Kier alpha value is -2.41. The zero-order valence-corrected chi connectivity index (χ0v) is 15.9. The summed E-state index contributed by atoms with van der Waals surface area (Å²) in [6.07, 6.45) is -0.0956. The van der Waals surface area contributed by atoms with Crippen LogP contribution in [0.4, 0.5) is 10.1 Å². The standard InChI is InChI=1S/C19H17BrFNO4/c1-11(26-17-6-4-14(21)10-15(17)20)18(23)22-8-7-12-9-13(19(24)25-2)3-5-16(12)22/h3-6,9-11H,7-8H2,1-2H3. The van der Waals surface area contributed by atoms with Gasteiger partial charge in [-0.05, 0) is 71.2 Å². The third kappa shape index (κ3) is 3.58. The highest BCUT2D eigenvalue weighted by atomic mass is 79.9. The predicted octanol–water partition coefficient (Wildman–Crippen LogP) is 3.73. The number of hydrogen-bond donors (Lipinski definition) is 0. The molecule has 0 radical (unpaired) electrons. The van der Waals surface area contributed by atoms with Crippen LogP contribution in [0.2, 0.25) is 0 Å². The maximum absolute atomic E-state index is 13.2. The number of carbonyl (C=O) groups is 2. The number of halogens is 2. The van der Waals surface area contributed by atoms with Gasteiger partial charge in [0.25, 0.3) is 5.91 Å². The number of ether oxygens (including phenoxy) is 2. The number of rotatable bonds is 4. The third-order valence-corrected chi connectivity index (χ3v) is 4.83. The predicted molar refractivity (Wildman–Crippen MR) is 98.0 cm³/mol. The van der Waals surface area contributed by atoms with E-state index in [2.05, 4.69) is 15.9 Å². The molecule has 136 valence electrons. The van der Waals surface area contributed by atoms with Gasteiger partial charge in [-0.2, -0.15) is 0 Å². The molecular weight excluding hydrogens is 405 g/mol. The van der Waals surface area contributed by atoms with Crippen LogP contribution in [0.1, 0.15) is 22.8 Å². The van der Waals surface area contributed by atoms with Crippen molar-refractivity contribution in [2.24, 2.45) is 0 Å². The van der Waals surface area contributed by atoms with E-state index in [1.807, 2.05) is 0 Å². The molecule has 1 aliphatic rings. The lowest BCUT2D eigenvalue weighted by atomic mass is 10.1. The van der Waals surface area contributed by atoms with Gasteiger partial charge < -0.3 is 14.4 Å². The van der Waals surface area contributed by atoms with Gasteiger partial charge in [0, 0.05) is 12.2 Å². The first-order chi connectivity index (χ1) is 12.4. The quantitative estimate of drug-likeness (QED) is 0.705. The molecule has 5 nitrogen and oxygen atoms in total. The molecule has 26 heavy (non-hydrogen) atoms. The lowest BCUT2D eigenvalue weighted by Crippen LogP contribution is -2.39. The van der Waals surface area contributed by atoms with Crippen LogP contribution in [0.5, 0.6) is 5.75 Å². The normalized spacial score (nSPS) is 13.9. The molecule has 0 fully saturated rings. The van der Waals surface area contributed by atoms with Crippen LogP contribution >= 0.6 is 15.9 Å². The van der Waals surface area contributed by atoms with E-state index >= 15 is 0 Å². The Morgan fingerprint density at radius 1 is 1.23 bits per heavy atom. The van der Waals surface area contributed by atoms with Gasteiger partial charge in [-0.3, -0.25) is 4.79 Å². The van der Waals surface area contributed by atoms with Crippen molar-refractivity contribution in [3.63, 3.8) is 0 Å². The molecule has 2 aromatic rings. The van der Waals surface area contributed by atoms with Crippen molar-refractivity contribution in [1.82, 2.24) is 0 Å². The van der Waals surface area contributed by atoms with E-state index in [0.717, 1.165) is 11.3 Å². The second kappa shape index (κ2) is 7.45. The van der Waals surface area contributed by atoms with Crippen molar-refractivity contribution in [2.45, 2.75) is 19.4 Å². The Kier molecular flexibility index (Phi) is 5.27. The largest absolute Gasteiger partial charge is 0.480 e. The van der Waals surface area contributed by atoms with Crippen molar-refractivity contribution in [1.29, 1.82) is 0 Å². The molecule has 1 heterocycles. The topological polar surface area (TPSA) is 55.8 Å². The first kappa shape index (κ1) is 18.4. The molecule has 2 aromatic carbocycles. The number of hydrogen-bond acceptors (Lipinski definition) is 4. The highest BCUT2D eigenvalue weighted by Gasteiger charge is 2.30. The molecule has 1 aliphatic heterocycles. The van der Waals surface area contributed by atoms with E-state index in [1.165, 1.54) is 25.3 Å². The fourth-order valence-electron chi connectivity index (χ4n) is 2.91. The van der Waals surface area contributed by atoms with Crippen LogP contribution in [0, 0.1) is 5.82 Å². The highest BCUT2D eigenvalue weighted by molar-refractivity contribution is 9.10. The zero-order valence-electron chi connectivity index (χ0n) is 14.3. The summed E-state index contributed by atoms with van der Waals surface area (Å²) in [5.41, 5.74) is 2.13. The van der Waals surface area contributed by atoms with E-state index in [4.69, 9.17) is 9.47 Å². The van der Waals surface area contributed by atoms with Crippen molar-refractivity contribution in [3.05, 3.63) is 57.8 Å². The molecule has 0 saturated heterocycles. The number of nitrogens with zero attached hydrogens (tertiary/aromatic N) is 1. The average Bonchev–Trinajstić information content (AvgIpc) is 3.05. The van der Waals surface area contributed by atoms with E-state index < -0.39 is 17.9 Å². The average molecular weight is 422 g/mol. The number of anilines is 1. The van der Waals surface area contributed by atoms with Gasteiger partial charge in [-0.1, -0.05) is 0 Å². The summed E-state index contributed by atoms with van der Waals surface area (Å²) in [4.78, 5) is 26.1. The minimum atomic E-state index is -0.747. The molecule has 0 bridgehead atoms. The summed E-state index contributed by atoms with van der Waals surface area (Å²) in [5.74, 6) is -0.605. The molecule has 1 atom stereocenters. The Labute approximate surface area is 158 Å². The van der Waals surface area contributed by atoms with Crippen molar-refractivity contribution in [2.75, 3.05) is 18.6 Å². The molecular formula is C19H17BrFNO4. The minimum Gasteiger partial charge on any atom is -0.480 e. The molecule has 0 aromatic heterocycles. The first-order valence-electron chi connectivity index (χ1n) is 8.05. The highest BCUT2D eigenvalue weighted by Crippen LogP contribution is 2.31. The van der Waals surface area contributed by atoms with Gasteiger partial charge in [0.15, 0.2) is 6.10 Å². The molecule has 1 unspecified atom stereocenters. The van der Waals surface area contributed by atoms with Crippen molar-refractivity contribution < 1.29 is 23.5 Å². The number of fused-ring (bicyclic) bond motifs is 1. The van der Waals surface area contributed by atoms with Gasteiger partial charge in [0.05, 0.1) is 17.1 Å². The van der Waals surface area contributed by atoms with E-state index in [9.17, 15) is 14.0 Å². The number of methoxy groups -OCH3 is 1. The summed E-state index contributed by atoms with van der Waals surface area (Å²) in [6, 6.07) is 9.16. The van der Waals surface area contributed by atoms with Gasteiger partial charge in [0.1, 0.15) is 11.6 Å². The Morgan fingerprint density at radius 2 is 2.00 bits per heavy atom. The number of esters is 1. The Bertz CT molecular complexity index is 871. The molecule has 3 rings (SSSR count). The monoisotopic (exact) mass is 421 g/mol. The van der Waals surface area contributed by atoms with Crippen molar-refractivity contribution >= 4 is 33.5 Å². The van der Waals surface area contributed by atoms with Crippen LogP contribution in [0.25, 0.3) is 0 Å². The zero-order chi connectivity index (χ0) is 18.8. The van der Waals surface area contributed by atoms with Gasteiger partial charge in [-0.15, -0.1) is 0 Å². The van der Waals surface area contributed by atoms with Gasteiger partial charge in [0.2, 0.25) is 0 Å². The SMILES string of the molecule is COC(=O)c1ccc2c(c1)CCN2C(=O)C(C)Oc1ccc(F)cc1Br. The summed E-state index contributed by atoms with van der Waals surface area (Å²) in [7, 11) is 1.33. The smallest absolute Gasteiger partial charge is 0.337 e. The molecule has 0 aliphatic carbocycles. The third-order valence-electron chi connectivity index (χ3n) is 4.21. The lowest BCUT2D eigenvalue weighted by Gasteiger charge is -2.23. The maximum atomic E-state index is 13.2. The van der Waals surface area contributed by atoms with E-state index in [0.29, 0.717) is 28.8 Å². The Balaban J connectivity index is 1.76. The molecule has 0 spiro atoms. The van der Waals surface area contributed by atoms with E-state index in [-0.39, 0.29) is 5.91 Å². The summed E-state index contributed by atoms with van der Waals surface area (Å²) in [6.45, 7) is 2.16. The summed E-state index contributed by atoms with van der Waals surface area (Å²) in [5, 5.41) is 0. The molecule has 0 N–H and O–H groups in total. The van der Waals surface area contributed by atoms with Crippen LogP contribution < -0.4 is 9.64 Å². The molecule has 0 saturated carbocycles. The maximum Gasteiger partial charge on any atom is 0.337 e. The molecule has 7 heteroatoms. The number of amides is 1. The number of benzene rings is 2. The fraction of sp³-hybridized carbons (Fsp3) is 0.263. The minimum absolute atomic E-state index is 0.203.